The second-order valence-corrected chi connectivity index (χ2v) is 3.64. The van der Waals surface area contributed by atoms with Gasteiger partial charge in [-0.1, -0.05) is 25.4 Å². The van der Waals surface area contributed by atoms with Gasteiger partial charge in [0.15, 0.2) is 6.07 Å². The van der Waals surface area contributed by atoms with Crippen molar-refractivity contribution in [3.63, 3.8) is 0 Å². The number of esters is 1. The molecule has 11 heavy (non-hydrogen) atoms. The third-order valence-corrected chi connectivity index (χ3v) is 2.26. The molecule has 0 atom stereocenters. The fourth-order valence-corrected chi connectivity index (χ4v) is 0.570. The van der Waals surface area contributed by atoms with E-state index in [0.717, 1.165) is 0 Å². The van der Waals surface area contributed by atoms with Gasteiger partial charge in [-0.15, -0.1) is 0 Å². The van der Waals surface area contributed by atoms with Gasteiger partial charge < -0.3 is 4.74 Å². The largest absolute Gasteiger partial charge is 0.449 e. The average molecular weight is 179 g/mol. The molecular weight excluding hydrogens is 164 g/mol. The van der Waals surface area contributed by atoms with Crippen LogP contribution < -0.4 is 0 Å². The zero-order valence-electron chi connectivity index (χ0n) is 7.48. The van der Waals surface area contributed by atoms with Crippen molar-refractivity contribution < 1.29 is 9.53 Å². The van der Waals surface area contributed by atoms with Gasteiger partial charge >= 0.3 is 5.97 Å². The number of carbonyl (C=O) groups excluding carboxylic acids is 1. The van der Waals surface area contributed by atoms with Gasteiger partial charge in [0.05, 0.1) is 5.41 Å². The van der Waals surface area contributed by atoms with Crippen LogP contribution in [0.1, 0.15) is 27.7 Å². The molecule has 66 valence electrons. The van der Waals surface area contributed by atoms with Gasteiger partial charge in [-0.25, -0.2) is 0 Å². The lowest BCUT2D eigenvalue weighted by Gasteiger charge is -2.25. The first-order valence-electron chi connectivity index (χ1n) is 3.66. The molecule has 0 aliphatic carbocycles. The van der Waals surface area contributed by atoms with Crippen LogP contribution in [0.15, 0.2) is 0 Å². The molecule has 0 heterocycles. The Hall–Kier alpha value is -0.240. The van der Waals surface area contributed by atoms with Crippen molar-refractivity contribution in [3.8, 4) is 0 Å². The van der Waals surface area contributed by atoms with Crippen LogP contribution in [0, 0.1) is 11.3 Å². The molecule has 3 heteroatoms. The minimum atomic E-state index is -0.436. The number of hydrogen-bond acceptors (Lipinski definition) is 2. The highest BCUT2D eigenvalue weighted by Gasteiger charge is 2.32. The molecule has 0 rings (SSSR count). The Morgan fingerprint density at radius 3 is 2.27 bits per heavy atom. The summed E-state index contributed by atoms with van der Waals surface area (Å²) in [5, 5.41) is 0. The summed E-state index contributed by atoms with van der Waals surface area (Å²) in [4.78, 5) is 11.2. The van der Waals surface area contributed by atoms with Crippen LogP contribution in [0.4, 0.5) is 0 Å². The minimum absolute atomic E-state index is 0.0605. The number of alkyl halides is 1. The predicted octanol–water partition coefficient (Wildman–Crippen LogP) is 2.41. The molecule has 0 unspecified atom stereocenters. The second-order valence-electron chi connectivity index (χ2n) is 3.42. The quantitative estimate of drug-likeness (QED) is 0.490. The second kappa shape index (κ2) is 3.96. The van der Waals surface area contributed by atoms with E-state index in [1.807, 2.05) is 27.7 Å². The lowest BCUT2D eigenvalue weighted by atomic mass is 9.81. The van der Waals surface area contributed by atoms with Gasteiger partial charge in [0.1, 0.15) is 0 Å². The molecule has 2 nitrogen and oxygen atoms in total. The highest BCUT2D eigenvalue weighted by Crippen LogP contribution is 2.27. The van der Waals surface area contributed by atoms with E-state index in [2.05, 4.69) is 0 Å². The van der Waals surface area contributed by atoms with Crippen molar-refractivity contribution >= 4 is 17.6 Å². The van der Waals surface area contributed by atoms with Crippen LogP contribution >= 0.6 is 11.6 Å². The van der Waals surface area contributed by atoms with Crippen molar-refractivity contribution in [3.05, 3.63) is 0 Å². The van der Waals surface area contributed by atoms with Crippen molar-refractivity contribution in [2.45, 2.75) is 27.7 Å². The molecule has 0 radical (unpaired) electrons. The van der Waals surface area contributed by atoms with Crippen LogP contribution in [-0.4, -0.2) is 12.0 Å². The molecule has 0 spiro atoms. The standard InChI is InChI=1S/C8H15ClO2/c1-6(2)8(3,4)7(10)11-5-9/h6H,5H2,1-4H3. The van der Waals surface area contributed by atoms with Gasteiger partial charge in [0.2, 0.25) is 0 Å². The maximum atomic E-state index is 11.2. The van der Waals surface area contributed by atoms with Crippen LogP contribution in [0.25, 0.3) is 0 Å². The SMILES string of the molecule is CC(C)C(C)(C)C(=O)OCCl. The fourth-order valence-electron chi connectivity index (χ4n) is 0.471. The highest BCUT2D eigenvalue weighted by atomic mass is 35.5. The first-order chi connectivity index (χ1) is 4.92. The van der Waals surface area contributed by atoms with E-state index in [-0.39, 0.29) is 18.0 Å². The Labute approximate surface area is 72.9 Å². The monoisotopic (exact) mass is 178 g/mol. The summed E-state index contributed by atoms with van der Waals surface area (Å²) in [6.45, 7) is 7.67. The van der Waals surface area contributed by atoms with E-state index in [0.29, 0.717) is 0 Å². The Balaban J connectivity index is 4.18. The summed E-state index contributed by atoms with van der Waals surface area (Å²) in [5.41, 5.74) is -0.436. The molecule has 0 fully saturated rings. The zero-order valence-corrected chi connectivity index (χ0v) is 8.23. The van der Waals surface area contributed by atoms with Crippen LogP contribution in [0.3, 0.4) is 0 Å². The van der Waals surface area contributed by atoms with Gasteiger partial charge in [0.25, 0.3) is 0 Å². The van der Waals surface area contributed by atoms with Crippen molar-refractivity contribution in [1.29, 1.82) is 0 Å². The molecule has 0 aliphatic rings. The lowest BCUT2D eigenvalue weighted by Crippen LogP contribution is -2.31. The number of carbonyl (C=O) groups is 1. The van der Waals surface area contributed by atoms with E-state index in [1.54, 1.807) is 0 Å². The maximum absolute atomic E-state index is 11.2. The van der Waals surface area contributed by atoms with Crippen molar-refractivity contribution in [2.75, 3.05) is 6.07 Å². The lowest BCUT2D eigenvalue weighted by molar-refractivity contribution is -0.154. The Morgan fingerprint density at radius 1 is 1.55 bits per heavy atom. The van der Waals surface area contributed by atoms with Crippen molar-refractivity contribution in [2.24, 2.45) is 11.3 Å². The minimum Gasteiger partial charge on any atom is -0.449 e. The Morgan fingerprint density at radius 2 is 2.00 bits per heavy atom. The van der Waals surface area contributed by atoms with E-state index < -0.39 is 5.41 Å². The summed E-state index contributed by atoms with van der Waals surface area (Å²) < 4.78 is 4.69. The summed E-state index contributed by atoms with van der Waals surface area (Å²) in [7, 11) is 0. The first-order valence-corrected chi connectivity index (χ1v) is 4.19. The van der Waals surface area contributed by atoms with Gasteiger partial charge in [0, 0.05) is 0 Å². The summed E-state index contributed by atoms with van der Waals surface area (Å²) in [6.07, 6.45) is 0. The normalized spacial score (nSPS) is 11.8. The molecule has 0 bridgehead atoms. The van der Waals surface area contributed by atoms with E-state index in [9.17, 15) is 4.79 Å². The number of hydrogen-bond donors (Lipinski definition) is 0. The summed E-state index contributed by atoms with van der Waals surface area (Å²) in [5.74, 6) is 0.0284. The molecular formula is C8H15ClO2. The number of halogens is 1. The predicted molar refractivity (Wildman–Crippen MR) is 45.4 cm³/mol. The molecule has 0 aromatic carbocycles. The third kappa shape index (κ3) is 2.70. The van der Waals surface area contributed by atoms with Crippen LogP contribution in [0.5, 0.6) is 0 Å². The number of rotatable bonds is 3. The molecule has 0 aromatic heterocycles. The molecule has 0 N–H and O–H groups in total. The first kappa shape index (κ1) is 10.8. The fraction of sp³-hybridized carbons (Fsp3) is 0.875. The highest BCUT2D eigenvalue weighted by molar-refractivity contribution is 6.17. The topological polar surface area (TPSA) is 26.3 Å². The molecule has 0 saturated carbocycles. The maximum Gasteiger partial charge on any atom is 0.312 e. The Kier molecular flexibility index (Phi) is 3.87. The average Bonchev–Trinajstić information content (AvgIpc) is 1.88. The van der Waals surface area contributed by atoms with E-state index in [1.165, 1.54) is 0 Å². The molecule has 0 saturated heterocycles. The molecule has 0 aromatic rings. The van der Waals surface area contributed by atoms with Crippen LogP contribution in [-0.2, 0) is 9.53 Å². The van der Waals surface area contributed by atoms with Gasteiger partial charge in [-0.3, -0.25) is 4.79 Å². The number of ether oxygens (including phenoxy) is 1. The summed E-state index contributed by atoms with van der Waals surface area (Å²) in [6, 6.07) is -0.0605. The zero-order chi connectivity index (χ0) is 9.07. The van der Waals surface area contributed by atoms with Gasteiger partial charge in [-0.2, -0.15) is 0 Å². The summed E-state index contributed by atoms with van der Waals surface area (Å²) >= 11 is 5.26. The smallest absolute Gasteiger partial charge is 0.312 e. The Bertz CT molecular complexity index is 141. The van der Waals surface area contributed by atoms with E-state index >= 15 is 0 Å². The molecule has 0 amide bonds. The van der Waals surface area contributed by atoms with E-state index in [4.69, 9.17) is 16.3 Å². The molecule has 0 aliphatic heterocycles. The van der Waals surface area contributed by atoms with Crippen LogP contribution in [0.2, 0.25) is 0 Å². The third-order valence-electron chi connectivity index (χ3n) is 2.16. The van der Waals surface area contributed by atoms with Crippen molar-refractivity contribution in [1.82, 2.24) is 0 Å². The van der Waals surface area contributed by atoms with Gasteiger partial charge in [-0.05, 0) is 19.8 Å².